The predicted octanol–water partition coefficient (Wildman–Crippen LogP) is 5.29. The smallest absolute Gasteiger partial charge is 0.254 e. The third-order valence-corrected chi connectivity index (χ3v) is 8.89. The second-order valence-electron chi connectivity index (χ2n) is 11.2. The zero-order chi connectivity index (χ0) is 25.9. The summed E-state index contributed by atoms with van der Waals surface area (Å²) >= 11 is 0. The average molecular weight is 510 g/mol. The van der Waals surface area contributed by atoms with Crippen molar-refractivity contribution in [1.82, 2.24) is 9.80 Å². The van der Waals surface area contributed by atoms with Crippen LogP contribution < -0.4 is 4.90 Å². The van der Waals surface area contributed by atoms with Crippen LogP contribution in [-0.4, -0.2) is 65.7 Å². The summed E-state index contributed by atoms with van der Waals surface area (Å²) in [5.74, 6) is 0.503. The van der Waals surface area contributed by atoms with Gasteiger partial charge in [0.25, 0.3) is 5.91 Å². The lowest BCUT2D eigenvalue weighted by Crippen LogP contribution is -2.47. The first-order valence-corrected chi connectivity index (χ1v) is 14.4. The number of nitrogens with zero attached hydrogens (tertiary/aromatic N) is 3. The first kappa shape index (κ1) is 25.1. The summed E-state index contributed by atoms with van der Waals surface area (Å²) < 4.78 is 0. The largest absolute Gasteiger partial charge is 0.391 e. The van der Waals surface area contributed by atoms with Crippen molar-refractivity contribution in [3.8, 4) is 0 Å². The lowest BCUT2D eigenvalue weighted by molar-refractivity contribution is 0.0191. The summed E-state index contributed by atoms with van der Waals surface area (Å²) in [6, 6.07) is 28.1. The van der Waals surface area contributed by atoms with Gasteiger partial charge in [0, 0.05) is 49.9 Å². The monoisotopic (exact) mass is 509 g/mol. The van der Waals surface area contributed by atoms with Gasteiger partial charge in [-0.25, -0.2) is 0 Å². The maximum Gasteiger partial charge on any atom is 0.254 e. The van der Waals surface area contributed by atoms with E-state index in [2.05, 4.69) is 88.7 Å². The first-order valence-electron chi connectivity index (χ1n) is 14.4. The number of aliphatic hydroxyl groups excluding tert-OH is 1. The molecule has 2 unspecified atom stereocenters. The number of anilines is 1. The average Bonchev–Trinajstić information content (AvgIpc) is 3.30. The van der Waals surface area contributed by atoms with Crippen molar-refractivity contribution in [1.29, 1.82) is 0 Å². The number of carbonyl (C=O) groups excluding carboxylic acids is 1. The second kappa shape index (κ2) is 11.3. The Balaban J connectivity index is 1.07. The van der Waals surface area contributed by atoms with Gasteiger partial charge in [0.2, 0.25) is 0 Å². The van der Waals surface area contributed by atoms with E-state index in [0.717, 1.165) is 81.6 Å². The van der Waals surface area contributed by atoms with Crippen LogP contribution in [0.1, 0.15) is 65.1 Å². The molecule has 1 saturated heterocycles. The normalized spacial score (nSPS) is 22.2. The van der Waals surface area contributed by atoms with E-state index in [1.54, 1.807) is 0 Å². The highest BCUT2D eigenvalue weighted by atomic mass is 16.3. The van der Waals surface area contributed by atoms with E-state index in [1.807, 2.05) is 4.90 Å². The topological polar surface area (TPSA) is 47.0 Å². The van der Waals surface area contributed by atoms with Gasteiger partial charge in [-0.2, -0.15) is 0 Å². The molecule has 1 saturated carbocycles. The number of piperazine rings is 1. The third-order valence-electron chi connectivity index (χ3n) is 8.89. The van der Waals surface area contributed by atoms with Crippen molar-refractivity contribution in [3.63, 3.8) is 0 Å². The van der Waals surface area contributed by atoms with Gasteiger partial charge < -0.3 is 14.9 Å². The van der Waals surface area contributed by atoms with E-state index in [0.29, 0.717) is 12.5 Å². The second-order valence-corrected chi connectivity index (χ2v) is 11.2. The van der Waals surface area contributed by atoms with Crippen LogP contribution >= 0.6 is 0 Å². The van der Waals surface area contributed by atoms with Crippen LogP contribution in [0.4, 0.5) is 5.69 Å². The van der Waals surface area contributed by atoms with Gasteiger partial charge in [-0.3, -0.25) is 9.69 Å². The molecule has 0 bridgehead atoms. The van der Waals surface area contributed by atoms with Crippen LogP contribution in [0.3, 0.4) is 0 Å². The number of carbonyl (C=O) groups is 1. The summed E-state index contributed by atoms with van der Waals surface area (Å²) in [5.41, 5.74) is 5.85. The van der Waals surface area contributed by atoms with Crippen molar-refractivity contribution in [3.05, 3.63) is 101 Å². The van der Waals surface area contributed by atoms with Crippen LogP contribution in [-0.2, 0) is 6.54 Å². The quantitative estimate of drug-likeness (QED) is 0.470. The summed E-state index contributed by atoms with van der Waals surface area (Å²) in [5, 5.41) is 10.5. The van der Waals surface area contributed by atoms with Crippen molar-refractivity contribution in [2.45, 2.75) is 56.7 Å². The Hall–Kier alpha value is -3.15. The molecule has 3 aliphatic rings. The highest BCUT2D eigenvalue weighted by molar-refractivity contribution is 5.99. The van der Waals surface area contributed by atoms with Gasteiger partial charge in [-0.15, -0.1) is 0 Å². The fraction of sp³-hybridized carbons (Fsp3) is 0.424. The van der Waals surface area contributed by atoms with Crippen LogP contribution in [0.15, 0.2) is 78.9 Å². The number of benzene rings is 3. The zero-order valence-electron chi connectivity index (χ0n) is 22.2. The lowest BCUT2D eigenvalue weighted by Gasteiger charge is -2.37. The summed E-state index contributed by atoms with van der Waals surface area (Å²) in [6.07, 6.45) is 4.57. The number of rotatable bonds is 7. The Morgan fingerprint density at radius 2 is 1.47 bits per heavy atom. The lowest BCUT2D eigenvalue weighted by atomic mass is 9.88. The maximum absolute atomic E-state index is 13.3. The SMILES string of the molecule is O=C1c2cc(N3CCN(CCC(c4ccccc4)c4ccccc4)CC3)ccc2CN1C1CCCCC1O. The molecule has 0 spiro atoms. The molecule has 5 nitrogen and oxygen atoms in total. The molecule has 1 amide bonds. The van der Waals surface area contributed by atoms with E-state index in [4.69, 9.17) is 0 Å². The van der Waals surface area contributed by atoms with Crippen molar-refractivity contribution >= 4 is 11.6 Å². The van der Waals surface area contributed by atoms with E-state index in [9.17, 15) is 9.90 Å². The molecule has 0 aromatic heterocycles. The Morgan fingerprint density at radius 1 is 0.816 bits per heavy atom. The van der Waals surface area contributed by atoms with Crippen LogP contribution in [0.2, 0.25) is 0 Å². The van der Waals surface area contributed by atoms with Gasteiger partial charge >= 0.3 is 0 Å². The van der Waals surface area contributed by atoms with Gasteiger partial charge in [0.1, 0.15) is 0 Å². The van der Waals surface area contributed by atoms with Crippen LogP contribution in [0.25, 0.3) is 0 Å². The van der Waals surface area contributed by atoms with E-state index in [-0.39, 0.29) is 11.9 Å². The minimum Gasteiger partial charge on any atom is -0.391 e. The maximum atomic E-state index is 13.3. The summed E-state index contributed by atoms with van der Waals surface area (Å²) in [6.45, 7) is 5.71. The minimum atomic E-state index is -0.391. The molecule has 6 rings (SSSR count). The Morgan fingerprint density at radius 3 is 2.13 bits per heavy atom. The predicted molar refractivity (Wildman–Crippen MR) is 153 cm³/mol. The van der Waals surface area contributed by atoms with Crippen LogP contribution in [0.5, 0.6) is 0 Å². The molecule has 2 heterocycles. The molecular formula is C33H39N3O2. The van der Waals surface area contributed by atoms with E-state index >= 15 is 0 Å². The minimum absolute atomic E-state index is 0.0359. The molecule has 1 N–H and O–H groups in total. The molecule has 5 heteroatoms. The molecular weight excluding hydrogens is 470 g/mol. The highest BCUT2D eigenvalue weighted by Gasteiger charge is 2.37. The molecule has 38 heavy (non-hydrogen) atoms. The number of amides is 1. The molecule has 198 valence electrons. The summed E-state index contributed by atoms with van der Waals surface area (Å²) in [4.78, 5) is 20.2. The first-order chi connectivity index (χ1) is 18.7. The number of aliphatic hydroxyl groups is 1. The zero-order valence-corrected chi connectivity index (χ0v) is 22.2. The van der Waals surface area contributed by atoms with Gasteiger partial charge in [0.05, 0.1) is 12.1 Å². The Kier molecular flexibility index (Phi) is 7.48. The molecule has 2 aliphatic heterocycles. The van der Waals surface area contributed by atoms with Gasteiger partial charge in [-0.05, 0) is 54.6 Å². The number of hydrogen-bond acceptors (Lipinski definition) is 4. The Labute approximate surface area is 226 Å². The van der Waals surface area contributed by atoms with Gasteiger partial charge in [-0.1, -0.05) is 79.6 Å². The molecule has 3 aromatic rings. The standard InChI is InChI=1S/C33H39N3O2/c37-32-14-8-7-13-31(32)36-24-27-15-16-28(23-30(27)33(36)38)35-21-19-34(20-22-35)18-17-29(25-9-3-1-4-10-25)26-11-5-2-6-12-26/h1-6,9-12,15-16,23,29,31-32,37H,7-8,13-14,17-22,24H2. The van der Waals surface area contributed by atoms with Crippen molar-refractivity contribution < 1.29 is 9.90 Å². The molecule has 2 atom stereocenters. The number of hydrogen-bond donors (Lipinski definition) is 1. The molecule has 2 fully saturated rings. The molecule has 0 radical (unpaired) electrons. The Bertz CT molecular complexity index is 1180. The fourth-order valence-electron chi connectivity index (χ4n) is 6.67. The highest BCUT2D eigenvalue weighted by Crippen LogP contribution is 2.34. The third kappa shape index (κ3) is 5.23. The number of fused-ring (bicyclic) bond motifs is 1. The van der Waals surface area contributed by atoms with Crippen LogP contribution in [0, 0.1) is 0 Å². The van der Waals surface area contributed by atoms with E-state index < -0.39 is 6.10 Å². The summed E-state index contributed by atoms with van der Waals surface area (Å²) in [7, 11) is 0. The van der Waals surface area contributed by atoms with Crippen molar-refractivity contribution in [2.75, 3.05) is 37.6 Å². The van der Waals surface area contributed by atoms with E-state index in [1.165, 1.54) is 11.1 Å². The fourth-order valence-corrected chi connectivity index (χ4v) is 6.67. The molecule has 1 aliphatic carbocycles. The molecule has 3 aromatic carbocycles. The van der Waals surface area contributed by atoms with Crippen molar-refractivity contribution in [2.24, 2.45) is 0 Å². The van der Waals surface area contributed by atoms with Gasteiger partial charge in [0.15, 0.2) is 0 Å².